The summed E-state index contributed by atoms with van der Waals surface area (Å²) in [7, 11) is 2.94. The first-order chi connectivity index (χ1) is 13.4. The summed E-state index contributed by atoms with van der Waals surface area (Å²) in [5.74, 6) is -0.830. The fourth-order valence-corrected chi connectivity index (χ4v) is 2.29. The zero-order chi connectivity index (χ0) is 20.5. The highest BCUT2D eigenvalue weighted by Gasteiger charge is 2.16. The van der Waals surface area contributed by atoms with E-state index >= 15 is 0 Å². The molecule has 2 rings (SSSR count). The number of carbonyl (C=O) groups is 2. The number of amides is 1. The molecule has 148 valence electrons. The molecule has 0 fully saturated rings. The third-order valence-corrected chi connectivity index (χ3v) is 3.88. The van der Waals surface area contributed by atoms with Crippen LogP contribution in [0.5, 0.6) is 11.5 Å². The lowest BCUT2D eigenvalue weighted by Crippen LogP contribution is -2.35. The fourth-order valence-electron chi connectivity index (χ4n) is 2.29. The Morgan fingerprint density at radius 3 is 2.43 bits per heavy atom. The standard InChI is InChI=1S/C21H22FNO5/c1-14(21(25)23-13-16-4-8-17(26-2)9-5-16)28-20(24)11-7-15-6-10-19(27-3)18(22)12-15/h4-12,14H,13H2,1-3H3,(H,23,25)/b11-7+/t14-/m1/s1. The minimum absolute atomic E-state index is 0.113. The van der Waals surface area contributed by atoms with Crippen LogP contribution < -0.4 is 14.8 Å². The van der Waals surface area contributed by atoms with Gasteiger partial charge in [0.05, 0.1) is 14.2 Å². The number of nitrogens with one attached hydrogen (secondary N) is 1. The average molecular weight is 387 g/mol. The van der Waals surface area contributed by atoms with Crippen molar-refractivity contribution >= 4 is 18.0 Å². The second-order valence-corrected chi connectivity index (χ2v) is 5.87. The molecule has 7 heteroatoms. The van der Waals surface area contributed by atoms with E-state index in [0.29, 0.717) is 12.1 Å². The molecular formula is C21H22FNO5. The zero-order valence-electron chi connectivity index (χ0n) is 15.9. The summed E-state index contributed by atoms with van der Waals surface area (Å²) >= 11 is 0. The van der Waals surface area contributed by atoms with Crippen LogP contribution in [0, 0.1) is 5.82 Å². The van der Waals surface area contributed by atoms with Crippen LogP contribution in [0.25, 0.3) is 6.08 Å². The molecule has 0 aliphatic heterocycles. The molecule has 1 atom stereocenters. The van der Waals surface area contributed by atoms with E-state index in [4.69, 9.17) is 14.2 Å². The SMILES string of the molecule is COc1ccc(CNC(=O)[C@@H](C)OC(=O)/C=C/c2ccc(OC)c(F)c2)cc1. The van der Waals surface area contributed by atoms with Crippen molar-refractivity contribution in [2.45, 2.75) is 19.6 Å². The van der Waals surface area contributed by atoms with Gasteiger partial charge in [0.25, 0.3) is 5.91 Å². The lowest BCUT2D eigenvalue weighted by atomic mass is 10.2. The Balaban J connectivity index is 1.83. The van der Waals surface area contributed by atoms with E-state index < -0.39 is 23.8 Å². The van der Waals surface area contributed by atoms with Crippen molar-refractivity contribution in [1.29, 1.82) is 0 Å². The Bertz CT molecular complexity index is 848. The number of esters is 1. The van der Waals surface area contributed by atoms with Crippen molar-refractivity contribution in [2.75, 3.05) is 14.2 Å². The second-order valence-electron chi connectivity index (χ2n) is 5.87. The summed E-state index contributed by atoms with van der Waals surface area (Å²) in [5.41, 5.74) is 1.35. The van der Waals surface area contributed by atoms with Gasteiger partial charge in [0, 0.05) is 12.6 Å². The zero-order valence-corrected chi connectivity index (χ0v) is 15.9. The highest BCUT2D eigenvalue weighted by Crippen LogP contribution is 2.18. The molecular weight excluding hydrogens is 365 g/mol. The minimum atomic E-state index is -0.969. The Kier molecular flexibility index (Phi) is 7.56. The van der Waals surface area contributed by atoms with E-state index in [2.05, 4.69) is 5.32 Å². The summed E-state index contributed by atoms with van der Waals surface area (Å²) in [6.45, 7) is 1.77. The van der Waals surface area contributed by atoms with Crippen LogP contribution in [0.2, 0.25) is 0 Å². The minimum Gasteiger partial charge on any atom is -0.497 e. The molecule has 0 aliphatic rings. The number of rotatable bonds is 8. The first-order valence-electron chi connectivity index (χ1n) is 8.56. The maximum atomic E-state index is 13.6. The van der Waals surface area contributed by atoms with Gasteiger partial charge >= 0.3 is 5.97 Å². The maximum absolute atomic E-state index is 13.6. The quantitative estimate of drug-likeness (QED) is 0.557. The molecule has 2 aromatic carbocycles. The number of benzene rings is 2. The molecule has 28 heavy (non-hydrogen) atoms. The lowest BCUT2D eigenvalue weighted by molar-refractivity contribution is -0.150. The first-order valence-corrected chi connectivity index (χ1v) is 8.56. The third-order valence-electron chi connectivity index (χ3n) is 3.88. The van der Waals surface area contributed by atoms with Gasteiger partial charge in [-0.1, -0.05) is 18.2 Å². The molecule has 2 aromatic rings. The smallest absolute Gasteiger partial charge is 0.331 e. The Hall–Kier alpha value is -3.35. The van der Waals surface area contributed by atoms with E-state index in [1.165, 1.54) is 32.2 Å². The number of halogens is 1. The summed E-state index contributed by atoms with van der Waals surface area (Å²) in [6.07, 6.45) is 1.56. The molecule has 1 N–H and O–H groups in total. The van der Waals surface area contributed by atoms with Gasteiger partial charge in [-0.3, -0.25) is 4.79 Å². The van der Waals surface area contributed by atoms with Crippen LogP contribution in [0.15, 0.2) is 48.5 Å². The van der Waals surface area contributed by atoms with Crippen molar-refractivity contribution in [2.24, 2.45) is 0 Å². The van der Waals surface area contributed by atoms with E-state index in [0.717, 1.165) is 17.4 Å². The fraction of sp³-hybridized carbons (Fsp3) is 0.238. The Morgan fingerprint density at radius 1 is 1.11 bits per heavy atom. The predicted octanol–water partition coefficient (Wildman–Crippen LogP) is 3.10. The summed E-state index contributed by atoms with van der Waals surface area (Å²) < 4.78 is 28.6. The normalized spacial score (nSPS) is 11.7. The van der Waals surface area contributed by atoms with Gasteiger partial charge < -0.3 is 19.5 Å². The van der Waals surface area contributed by atoms with Gasteiger partial charge in [-0.05, 0) is 48.4 Å². The van der Waals surface area contributed by atoms with Crippen molar-refractivity contribution in [3.63, 3.8) is 0 Å². The summed E-state index contributed by atoms with van der Waals surface area (Å²) in [5, 5.41) is 2.69. The molecule has 0 aromatic heterocycles. The Morgan fingerprint density at radius 2 is 1.82 bits per heavy atom. The lowest BCUT2D eigenvalue weighted by Gasteiger charge is -2.12. The van der Waals surface area contributed by atoms with Gasteiger partial charge in [-0.15, -0.1) is 0 Å². The number of carbonyl (C=O) groups excluding carboxylic acids is 2. The maximum Gasteiger partial charge on any atom is 0.331 e. The topological polar surface area (TPSA) is 73.9 Å². The van der Waals surface area contributed by atoms with E-state index in [-0.39, 0.29) is 5.75 Å². The predicted molar refractivity (Wildman–Crippen MR) is 102 cm³/mol. The number of ether oxygens (including phenoxy) is 3. The van der Waals surface area contributed by atoms with Gasteiger partial charge in [0.2, 0.25) is 0 Å². The molecule has 0 saturated heterocycles. The van der Waals surface area contributed by atoms with Crippen LogP contribution in [0.1, 0.15) is 18.1 Å². The second kappa shape index (κ2) is 10.1. The van der Waals surface area contributed by atoms with Gasteiger partial charge in [0.15, 0.2) is 17.7 Å². The van der Waals surface area contributed by atoms with Crippen molar-refractivity contribution in [3.05, 3.63) is 65.5 Å². The molecule has 0 bridgehead atoms. The van der Waals surface area contributed by atoms with Crippen LogP contribution in [-0.4, -0.2) is 32.2 Å². The first kappa shape index (κ1) is 21.0. The van der Waals surface area contributed by atoms with E-state index in [1.54, 1.807) is 25.3 Å². The molecule has 1 amide bonds. The van der Waals surface area contributed by atoms with Crippen LogP contribution in [0.3, 0.4) is 0 Å². The molecule has 6 nitrogen and oxygen atoms in total. The average Bonchev–Trinajstić information content (AvgIpc) is 2.70. The molecule has 0 radical (unpaired) electrons. The van der Waals surface area contributed by atoms with Crippen molar-refractivity contribution in [3.8, 4) is 11.5 Å². The van der Waals surface area contributed by atoms with Crippen LogP contribution in [0.4, 0.5) is 4.39 Å². The van der Waals surface area contributed by atoms with Gasteiger partial charge in [0.1, 0.15) is 5.75 Å². The molecule has 0 aliphatic carbocycles. The molecule has 0 spiro atoms. The number of methoxy groups -OCH3 is 2. The van der Waals surface area contributed by atoms with Crippen molar-refractivity contribution in [1.82, 2.24) is 5.32 Å². The van der Waals surface area contributed by atoms with Gasteiger partial charge in [-0.25, -0.2) is 9.18 Å². The van der Waals surface area contributed by atoms with Gasteiger partial charge in [-0.2, -0.15) is 0 Å². The van der Waals surface area contributed by atoms with Crippen LogP contribution >= 0.6 is 0 Å². The highest BCUT2D eigenvalue weighted by atomic mass is 19.1. The Labute approximate surface area is 162 Å². The van der Waals surface area contributed by atoms with E-state index in [9.17, 15) is 14.0 Å². The van der Waals surface area contributed by atoms with Crippen molar-refractivity contribution < 1.29 is 28.2 Å². The summed E-state index contributed by atoms with van der Waals surface area (Å²) in [6, 6.07) is 11.5. The molecule has 0 unspecified atom stereocenters. The number of hydrogen-bond acceptors (Lipinski definition) is 5. The summed E-state index contributed by atoms with van der Waals surface area (Å²) in [4.78, 5) is 23.9. The number of hydrogen-bond donors (Lipinski definition) is 1. The highest BCUT2D eigenvalue weighted by molar-refractivity contribution is 5.90. The molecule has 0 heterocycles. The third kappa shape index (κ3) is 6.12. The van der Waals surface area contributed by atoms with E-state index in [1.807, 2.05) is 12.1 Å². The largest absolute Gasteiger partial charge is 0.497 e. The van der Waals surface area contributed by atoms with Crippen LogP contribution in [-0.2, 0) is 20.9 Å². The monoisotopic (exact) mass is 387 g/mol. The molecule has 0 saturated carbocycles.